The second-order valence-corrected chi connectivity index (χ2v) is 9.70. The predicted molar refractivity (Wildman–Crippen MR) is 140 cm³/mol. The van der Waals surface area contributed by atoms with Gasteiger partial charge in [0, 0.05) is 23.4 Å². The van der Waals surface area contributed by atoms with Gasteiger partial charge in [-0.3, -0.25) is 9.59 Å². The lowest BCUT2D eigenvalue weighted by molar-refractivity contribution is -0.145. The van der Waals surface area contributed by atoms with E-state index >= 15 is 0 Å². The summed E-state index contributed by atoms with van der Waals surface area (Å²) in [5.74, 6) is -0.937. The molecule has 0 radical (unpaired) electrons. The number of aromatic nitrogens is 1. The van der Waals surface area contributed by atoms with Gasteiger partial charge in [-0.25, -0.2) is 0 Å². The number of carbonyl (C=O) groups excluding carboxylic acids is 2. The van der Waals surface area contributed by atoms with Crippen LogP contribution in [0.1, 0.15) is 39.0 Å². The number of anilines is 1. The number of phenolic OH excluding ortho intramolecular Hbond substituents is 1. The van der Waals surface area contributed by atoms with Crippen LogP contribution in [0.25, 0.3) is 22.0 Å². The van der Waals surface area contributed by atoms with Crippen molar-refractivity contribution in [3.63, 3.8) is 0 Å². The molecule has 8 heteroatoms. The van der Waals surface area contributed by atoms with Gasteiger partial charge in [-0.15, -0.1) is 0 Å². The third-order valence-electron chi connectivity index (χ3n) is 7.14. The summed E-state index contributed by atoms with van der Waals surface area (Å²) in [6, 6.07) is 18.1. The molecule has 4 aromatic rings. The standard InChI is InChI=1S/C28H24N2O5S/c1-34-26-23-18(11-21(30-23)28(33)36-2)22-19(12-29-24(22)25(26)31)27(32)35-13-20-16-9-5-3-7-14(16)15-8-4-6-10-17(15)20/h3-11,19-20,29-31H,12-13H2,1-2H3. The second kappa shape index (κ2) is 8.64. The Balaban J connectivity index is 1.34. The molecular formula is C28H24N2O5S. The van der Waals surface area contributed by atoms with Crippen molar-refractivity contribution in [2.24, 2.45) is 0 Å². The lowest BCUT2D eigenvalue weighted by atomic mass is 9.96. The van der Waals surface area contributed by atoms with Gasteiger partial charge < -0.3 is 24.9 Å². The van der Waals surface area contributed by atoms with E-state index in [1.54, 1.807) is 12.3 Å². The van der Waals surface area contributed by atoms with Crippen LogP contribution in [0.4, 0.5) is 5.69 Å². The zero-order valence-corrected chi connectivity index (χ0v) is 20.6. The molecule has 1 unspecified atom stereocenters. The Morgan fingerprint density at radius 2 is 1.75 bits per heavy atom. The van der Waals surface area contributed by atoms with E-state index in [9.17, 15) is 14.7 Å². The zero-order chi connectivity index (χ0) is 25.0. The highest BCUT2D eigenvalue weighted by Gasteiger charge is 2.38. The van der Waals surface area contributed by atoms with E-state index in [0.717, 1.165) is 22.9 Å². The molecule has 6 rings (SSSR count). The van der Waals surface area contributed by atoms with Gasteiger partial charge in [0.2, 0.25) is 5.12 Å². The Bertz CT molecular complexity index is 1500. The zero-order valence-electron chi connectivity index (χ0n) is 19.8. The molecule has 0 amide bonds. The van der Waals surface area contributed by atoms with Gasteiger partial charge in [0.1, 0.15) is 12.5 Å². The molecule has 0 bridgehead atoms. The van der Waals surface area contributed by atoms with Crippen LogP contribution in [0, 0.1) is 0 Å². The number of thioether (sulfide) groups is 1. The van der Waals surface area contributed by atoms with Crippen LogP contribution in [-0.2, 0) is 9.53 Å². The number of hydrogen-bond donors (Lipinski definition) is 3. The highest BCUT2D eigenvalue weighted by Crippen LogP contribution is 2.51. The van der Waals surface area contributed by atoms with Gasteiger partial charge in [0.05, 0.1) is 24.0 Å². The molecule has 0 saturated heterocycles. The molecule has 1 aromatic heterocycles. The topological polar surface area (TPSA) is 101 Å². The van der Waals surface area contributed by atoms with Crippen LogP contribution in [0.2, 0.25) is 0 Å². The van der Waals surface area contributed by atoms with Crippen LogP contribution >= 0.6 is 11.8 Å². The maximum Gasteiger partial charge on any atom is 0.315 e. The Morgan fingerprint density at radius 3 is 2.39 bits per heavy atom. The number of aromatic hydroxyl groups is 1. The average Bonchev–Trinajstić information content (AvgIpc) is 3.61. The Labute approximate surface area is 211 Å². The minimum atomic E-state index is -0.640. The number of benzene rings is 3. The van der Waals surface area contributed by atoms with Crippen LogP contribution < -0.4 is 10.1 Å². The lowest BCUT2D eigenvalue weighted by Gasteiger charge is -2.17. The van der Waals surface area contributed by atoms with Gasteiger partial charge in [0.15, 0.2) is 11.5 Å². The minimum Gasteiger partial charge on any atom is -0.503 e. The molecule has 2 aliphatic rings. The molecule has 3 N–H and O–H groups in total. The quantitative estimate of drug-likeness (QED) is 0.254. The first-order valence-corrected chi connectivity index (χ1v) is 12.9. The van der Waals surface area contributed by atoms with E-state index in [1.165, 1.54) is 18.2 Å². The van der Waals surface area contributed by atoms with E-state index in [0.29, 0.717) is 27.8 Å². The molecule has 0 saturated carbocycles. The van der Waals surface area contributed by atoms with Crippen molar-refractivity contribution >= 4 is 39.4 Å². The summed E-state index contributed by atoms with van der Waals surface area (Å²) in [7, 11) is 1.45. The summed E-state index contributed by atoms with van der Waals surface area (Å²) >= 11 is 1.08. The molecule has 0 spiro atoms. The van der Waals surface area contributed by atoms with Crippen molar-refractivity contribution in [3.05, 3.63) is 77.0 Å². The number of fused-ring (bicyclic) bond motifs is 6. The highest BCUT2D eigenvalue weighted by atomic mass is 32.2. The third kappa shape index (κ3) is 3.28. The largest absolute Gasteiger partial charge is 0.503 e. The van der Waals surface area contributed by atoms with Gasteiger partial charge in [0.25, 0.3) is 0 Å². The SMILES string of the molecule is COc1c(O)c2c(c3cc(C(=O)SC)[nH]c13)C(C(=O)OCC1c3ccccc3-c3ccccc31)CN2. The summed E-state index contributed by atoms with van der Waals surface area (Å²) in [5, 5.41) is 14.5. The number of esters is 1. The van der Waals surface area contributed by atoms with Crippen LogP contribution in [0.3, 0.4) is 0 Å². The number of phenols is 1. The predicted octanol–water partition coefficient (Wildman–Crippen LogP) is 5.25. The Morgan fingerprint density at radius 1 is 1.08 bits per heavy atom. The Kier molecular flexibility index (Phi) is 5.41. The number of hydrogen-bond acceptors (Lipinski definition) is 7. The van der Waals surface area contributed by atoms with Crippen LogP contribution in [0.5, 0.6) is 11.5 Å². The first-order chi connectivity index (χ1) is 17.5. The number of nitrogens with one attached hydrogen (secondary N) is 2. The van der Waals surface area contributed by atoms with Gasteiger partial charge in [-0.1, -0.05) is 60.3 Å². The maximum atomic E-state index is 13.4. The van der Waals surface area contributed by atoms with E-state index in [2.05, 4.69) is 34.6 Å². The smallest absolute Gasteiger partial charge is 0.315 e. The van der Waals surface area contributed by atoms with Crippen molar-refractivity contribution in [2.45, 2.75) is 11.8 Å². The van der Waals surface area contributed by atoms with E-state index in [-0.39, 0.29) is 41.7 Å². The number of carbonyl (C=O) groups is 2. The number of methoxy groups -OCH3 is 1. The molecule has 0 fully saturated rings. The molecule has 3 aromatic carbocycles. The number of H-pyrrole nitrogens is 1. The van der Waals surface area contributed by atoms with Crippen molar-refractivity contribution in [1.82, 2.24) is 4.98 Å². The monoisotopic (exact) mass is 500 g/mol. The molecule has 1 aliphatic carbocycles. The molecule has 1 atom stereocenters. The number of aromatic amines is 1. The average molecular weight is 501 g/mol. The lowest BCUT2D eigenvalue weighted by Crippen LogP contribution is -2.20. The second-order valence-electron chi connectivity index (χ2n) is 8.92. The molecule has 2 heterocycles. The van der Waals surface area contributed by atoms with Gasteiger partial charge >= 0.3 is 5.97 Å². The fraction of sp³-hybridized carbons (Fsp3) is 0.214. The van der Waals surface area contributed by atoms with Crippen molar-refractivity contribution in [3.8, 4) is 22.6 Å². The first kappa shape index (κ1) is 22.5. The third-order valence-corrected chi connectivity index (χ3v) is 7.73. The summed E-state index contributed by atoms with van der Waals surface area (Å²) in [6.45, 7) is 0.492. The summed E-state index contributed by atoms with van der Waals surface area (Å²) in [5.41, 5.74) is 6.52. The van der Waals surface area contributed by atoms with Crippen molar-refractivity contribution in [1.29, 1.82) is 0 Å². The van der Waals surface area contributed by atoms with Gasteiger partial charge in [-0.2, -0.15) is 0 Å². The first-order valence-electron chi connectivity index (χ1n) is 11.7. The molecule has 1 aliphatic heterocycles. The highest BCUT2D eigenvalue weighted by molar-refractivity contribution is 8.13. The maximum absolute atomic E-state index is 13.4. The van der Waals surface area contributed by atoms with E-state index < -0.39 is 5.92 Å². The fourth-order valence-corrected chi connectivity index (χ4v) is 5.84. The number of ether oxygens (including phenoxy) is 2. The summed E-state index contributed by atoms with van der Waals surface area (Å²) < 4.78 is 11.4. The minimum absolute atomic E-state index is 0.0440. The summed E-state index contributed by atoms with van der Waals surface area (Å²) in [4.78, 5) is 28.9. The normalized spacial score (nSPS) is 15.8. The van der Waals surface area contributed by atoms with E-state index in [1.807, 2.05) is 24.3 Å². The van der Waals surface area contributed by atoms with E-state index in [4.69, 9.17) is 9.47 Å². The molecule has 36 heavy (non-hydrogen) atoms. The van der Waals surface area contributed by atoms with Crippen molar-refractivity contribution in [2.75, 3.05) is 31.8 Å². The fourth-order valence-electron chi connectivity index (χ4n) is 5.51. The van der Waals surface area contributed by atoms with Crippen LogP contribution in [0.15, 0.2) is 54.6 Å². The molecule has 7 nitrogen and oxygen atoms in total. The van der Waals surface area contributed by atoms with Crippen molar-refractivity contribution < 1.29 is 24.2 Å². The molecular weight excluding hydrogens is 476 g/mol. The van der Waals surface area contributed by atoms with Gasteiger partial charge in [-0.05, 0) is 34.6 Å². The van der Waals surface area contributed by atoms with Crippen LogP contribution in [-0.4, -0.2) is 47.7 Å². The number of rotatable bonds is 5. The molecule has 182 valence electrons. The Hall–Kier alpha value is -3.91. The summed E-state index contributed by atoms with van der Waals surface area (Å²) in [6.07, 6.45) is 1.70.